The molecule has 2 saturated heterocycles. The number of fused-ring (bicyclic) bond motifs is 1. The molecule has 0 aromatic heterocycles. The fourth-order valence-corrected chi connectivity index (χ4v) is 5.10. The van der Waals surface area contributed by atoms with Crippen molar-refractivity contribution in [1.29, 1.82) is 0 Å². The second-order valence-electron chi connectivity index (χ2n) is 8.53. The van der Waals surface area contributed by atoms with Gasteiger partial charge in [0.25, 0.3) is 0 Å². The number of hydrogen-bond acceptors (Lipinski definition) is 2. The number of thiocarbonyl (C=S) groups is 1. The summed E-state index contributed by atoms with van der Waals surface area (Å²) >= 11 is 5.81. The minimum absolute atomic E-state index is 0.107. The third-order valence-corrected chi connectivity index (χ3v) is 11.0. The summed E-state index contributed by atoms with van der Waals surface area (Å²) in [6.07, 6.45) is 2.56. The molecule has 126 valence electrons. The Morgan fingerprint density at radius 1 is 1.22 bits per heavy atom. The Morgan fingerprint density at radius 2 is 1.87 bits per heavy atom. The molecular formula is C19H29NOSSi. The molecule has 0 spiro atoms. The van der Waals surface area contributed by atoms with Gasteiger partial charge in [-0.25, -0.2) is 0 Å². The largest absolute Gasteiger partial charge is 0.409 e. The zero-order chi connectivity index (χ0) is 16.8. The Bertz CT molecular complexity index is 581. The third kappa shape index (κ3) is 3.13. The standard InChI is InChI=1S/C19H29NOSSi/c1-19(2,3)23(4,5)21-17(14-9-7-6-8-10-14)16-13-15-11-12-20(15)18(16)22/h6-10,15-17H,11-13H2,1-5H3/t15-,16-,17-/m0/s1. The molecule has 0 bridgehead atoms. The van der Waals surface area contributed by atoms with E-state index in [1.807, 2.05) is 0 Å². The summed E-state index contributed by atoms with van der Waals surface area (Å²) < 4.78 is 6.89. The summed E-state index contributed by atoms with van der Waals surface area (Å²) in [5, 5.41) is 0.208. The van der Waals surface area contributed by atoms with Crippen molar-refractivity contribution in [3.05, 3.63) is 35.9 Å². The van der Waals surface area contributed by atoms with E-state index < -0.39 is 8.32 Å². The molecule has 2 aliphatic rings. The molecule has 4 heteroatoms. The van der Waals surface area contributed by atoms with Crippen LogP contribution in [0.15, 0.2) is 30.3 Å². The summed E-state index contributed by atoms with van der Waals surface area (Å²) in [4.78, 5) is 3.55. The fraction of sp³-hybridized carbons (Fsp3) is 0.632. The van der Waals surface area contributed by atoms with Crippen LogP contribution in [0, 0.1) is 5.92 Å². The molecule has 23 heavy (non-hydrogen) atoms. The van der Waals surface area contributed by atoms with Crippen molar-refractivity contribution in [3.8, 4) is 0 Å². The summed E-state index contributed by atoms with van der Waals surface area (Å²) in [7, 11) is -1.85. The smallest absolute Gasteiger partial charge is 0.192 e. The molecule has 1 aromatic carbocycles. The average Bonchev–Trinajstić information content (AvgIpc) is 2.65. The van der Waals surface area contributed by atoms with Gasteiger partial charge in [-0.15, -0.1) is 0 Å². The second-order valence-corrected chi connectivity index (χ2v) is 13.7. The Kier molecular flexibility index (Phi) is 4.45. The van der Waals surface area contributed by atoms with E-state index in [1.54, 1.807) is 0 Å². The van der Waals surface area contributed by atoms with Crippen LogP contribution in [0.5, 0.6) is 0 Å². The lowest BCUT2D eigenvalue weighted by molar-refractivity contribution is 0.141. The monoisotopic (exact) mass is 347 g/mol. The van der Waals surface area contributed by atoms with Gasteiger partial charge in [-0.05, 0) is 36.5 Å². The van der Waals surface area contributed by atoms with Crippen LogP contribution in [0.3, 0.4) is 0 Å². The topological polar surface area (TPSA) is 12.5 Å². The van der Waals surface area contributed by atoms with Gasteiger partial charge in [0.1, 0.15) is 0 Å². The number of rotatable bonds is 4. The van der Waals surface area contributed by atoms with E-state index in [-0.39, 0.29) is 11.1 Å². The van der Waals surface area contributed by atoms with Gasteiger partial charge in [0.05, 0.1) is 11.1 Å². The molecule has 2 heterocycles. The van der Waals surface area contributed by atoms with E-state index in [0.717, 1.165) is 18.0 Å². The fourth-order valence-electron chi connectivity index (χ4n) is 3.36. The van der Waals surface area contributed by atoms with Crippen molar-refractivity contribution in [2.45, 2.75) is 63.9 Å². The van der Waals surface area contributed by atoms with E-state index in [1.165, 1.54) is 12.0 Å². The van der Waals surface area contributed by atoms with Crippen LogP contribution in [0.1, 0.15) is 45.3 Å². The molecule has 0 N–H and O–H groups in total. The maximum atomic E-state index is 6.89. The molecule has 0 amide bonds. The van der Waals surface area contributed by atoms with Crippen LogP contribution >= 0.6 is 12.2 Å². The lowest BCUT2D eigenvalue weighted by atomic mass is 9.92. The Hall–Kier alpha value is -0.713. The normalized spacial score (nSPS) is 26.0. The summed E-state index contributed by atoms with van der Waals surface area (Å²) in [6.45, 7) is 12.7. The second kappa shape index (κ2) is 5.98. The molecular weight excluding hydrogens is 318 g/mol. The van der Waals surface area contributed by atoms with Gasteiger partial charge in [-0.1, -0.05) is 63.3 Å². The van der Waals surface area contributed by atoms with Gasteiger partial charge in [-0.3, -0.25) is 0 Å². The van der Waals surface area contributed by atoms with Gasteiger partial charge >= 0.3 is 0 Å². The quantitative estimate of drug-likeness (QED) is 0.550. The lowest BCUT2D eigenvalue weighted by Crippen LogP contribution is -2.45. The predicted octanol–water partition coefficient (Wildman–Crippen LogP) is 5.17. The first kappa shape index (κ1) is 17.1. The van der Waals surface area contributed by atoms with Gasteiger partial charge in [0.15, 0.2) is 8.32 Å². The highest BCUT2D eigenvalue weighted by atomic mass is 32.1. The van der Waals surface area contributed by atoms with E-state index >= 15 is 0 Å². The Balaban J connectivity index is 1.90. The van der Waals surface area contributed by atoms with Crippen molar-refractivity contribution in [1.82, 2.24) is 4.90 Å². The highest BCUT2D eigenvalue weighted by Gasteiger charge is 2.48. The molecule has 0 saturated carbocycles. The SMILES string of the molecule is CC(C)(C)[Si](C)(C)O[C@@H](c1ccccc1)[C@@H]1C[C@@H]2CCN2C1=S. The maximum Gasteiger partial charge on any atom is 0.192 e. The highest BCUT2D eigenvalue weighted by Crippen LogP contribution is 2.46. The van der Waals surface area contributed by atoms with E-state index in [0.29, 0.717) is 12.0 Å². The molecule has 2 aliphatic heterocycles. The van der Waals surface area contributed by atoms with Crippen molar-refractivity contribution in [3.63, 3.8) is 0 Å². The first-order chi connectivity index (χ1) is 10.7. The zero-order valence-corrected chi connectivity index (χ0v) is 16.8. The van der Waals surface area contributed by atoms with Crippen molar-refractivity contribution < 1.29 is 4.43 Å². The third-order valence-electron chi connectivity index (χ3n) is 5.99. The van der Waals surface area contributed by atoms with Gasteiger partial charge < -0.3 is 9.33 Å². The van der Waals surface area contributed by atoms with Crippen LogP contribution in [-0.2, 0) is 4.43 Å². The predicted molar refractivity (Wildman–Crippen MR) is 103 cm³/mol. The Morgan fingerprint density at radius 3 is 2.30 bits per heavy atom. The molecule has 2 nitrogen and oxygen atoms in total. The molecule has 0 aliphatic carbocycles. The summed E-state index contributed by atoms with van der Waals surface area (Å²) in [5.74, 6) is 0.356. The first-order valence-corrected chi connectivity index (χ1v) is 12.1. The van der Waals surface area contributed by atoms with Crippen molar-refractivity contribution in [2.24, 2.45) is 5.92 Å². The molecule has 0 unspecified atom stereocenters. The van der Waals surface area contributed by atoms with Crippen LogP contribution < -0.4 is 0 Å². The summed E-state index contributed by atoms with van der Waals surface area (Å²) in [5.41, 5.74) is 1.28. The van der Waals surface area contributed by atoms with Crippen LogP contribution in [-0.4, -0.2) is 30.8 Å². The van der Waals surface area contributed by atoms with Crippen LogP contribution in [0.2, 0.25) is 18.1 Å². The minimum Gasteiger partial charge on any atom is -0.409 e. The van der Waals surface area contributed by atoms with E-state index in [2.05, 4.69) is 69.1 Å². The van der Waals surface area contributed by atoms with Crippen LogP contribution in [0.4, 0.5) is 0 Å². The molecule has 1 aromatic rings. The average molecular weight is 348 g/mol. The molecule has 3 atom stereocenters. The van der Waals surface area contributed by atoms with Gasteiger partial charge in [0, 0.05) is 18.5 Å². The van der Waals surface area contributed by atoms with Gasteiger partial charge in [-0.2, -0.15) is 0 Å². The highest BCUT2D eigenvalue weighted by molar-refractivity contribution is 7.80. The minimum atomic E-state index is -1.85. The van der Waals surface area contributed by atoms with Crippen molar-refractivity contribution >= 4 is 25.5 Å². The number of nitrogens with zero attached hydrogens (tertiary/aromatic N) is 1. The van der Waals surface area contributed by atoms with E-state index in [9.17, 15) is 0 Å². The lowest BCUT2D eigenvalue weighted by Gasteiger charge is -2.41. The molecule has 3 rings (SSSR count). The first-order valence-electron chi connectivity index (χ1n) is 8.74. The number of hydrogen-bond donors (Lipinski definition) is 0. The maximum absolute atomic E-state index is 6.89. The summed E-state index contributed by atoms with van der Waals surface area (Å²) in [6, 6.07) is 11.4. The molecule has 0 radical (unpaired) electrons. The number of benzene rings is 1. The molecule has 2 fully saturated rings. The van der Waals surface area contributed by atoms with Crippen molar-refractivity contribution in [2.75, 3.05) is 6.54 Å². The zero-order valence-electron chi connectivity index (χ0n) is 15.0. The van der Waals surface area contributed by atoms with Crippen LogP contribution in [0.25, 0.3) is 0 Å². The van der Waals surface area contributed by atoms with E-state index in [4.69, 9.17) is 16.6 Å². The Labute approximate surface area is 147 Å². The van der Waals surface area contributed by atoms with Gasteiger partial charge in [0.2, 0.25) is 0 Å².